The fourth-order valence-electron chi connectivity index (χ4n) is 1.62. The summed E-state index contributed by atoms with van der Waals surface area (Å²) in [5.41, 5.74) is 4.99. The molecule has 18 heavy (non-hydrogen) atoms. The summed E-state index contributed by atoms with van der Waals surface area (Å²) in [6.45, 7) is -0.471. The molecular weight excluding hydrogens is 246 g/mol. The molecule has 0 aromatic carbocycles. The highest BCUT2D eigenvalue weighted by Crippen LogP contribution is 2.24. The highest BCUT2D eigenvalue weighted by atomic mass is 16.7. The van der Waals surface area contributed by atoms with Crippen LogP contribution in [0.1, 0.15) is 10.5 Å². The molecule has 1 amide bonds. The van der Waals surface area contributed by atoms with Crippen molar-refractivity contribution in [1.29, 1.82) is 0 Å². The summed E-state index contributed by atoms with van der Waals surface area (Å²) in [5, 5.41) is 28.0. The number of imidazole rings is 1. The molecule has 1 saturated heterocycles. The van der Waals surface area contributed by atoms with Gasteiger partial charge >= 0.3 is 0 Å². The number of ether oxygens (including phenoxy) is 2. The predicted octanol–water partition coefficient (Wildman–Crippen LogP) is -2.67. The second kappa shape index (κ2) is 4.90. The van der Waals surface area contributed by atoms with Crippen LogP contribution in [-0.2, 0) is 4.74 Å². The maximum absolute atomic E-state index is 11.0. The van der Waals surface area contributed by atoms with E-state index in [9.17, 15) is 15.0 Å². The highest BCUT2D eigenvalue weighted by Gasteiger charge is 2.44. The molecule has 2 rings (SSSR count). The van der Waals surface area contributed by atoms with Crippen LogP contribution in [0.3, 0.4) is 0 Å². The third kappa shape index (κ3) is 2.16. The second-order valence-electron chi connectivity index (χ2n) is 3.77. The smallest absolute Gasteiger partial charge is 0.270 e. The second-order valence-corrected chi connectivity index (χ2v) is 3.77. The zero-order valence-electron chi connectivity index (χ0n) is 9.18. The number of nitrogens with one attached hydrogen (secondary N) is 1. The first-order chi connectivity index (χ1) is 8.54. The summed E-state index contributed by atoms with van der Waals surface area (Å²) in [6, 6.07) is 0. The molecule has 9 nitrogen and oxygen atoms in total. The molecule has 0 spiro atoms. The van der Waals surface area contributed by atoms with Crippen LogP contribution in [0.15, 0.2) is 6.33 Å². The summed E-state index contributed by atoms with van der Waals surface area (Å²) in [6.07, 6.45) is -3.65. The van der Waals surface area contributed by atoms with E-state index in [1.807, 2.05) is 0 Å². The summed E-state index contributed by atoms with van der Waals surface area (Å²) in [5.74, 6) is -0.924. The minimum Gasteiger partial charge on any atom is -0.443 e. The van der Waals surface area contributed by atoms with Crippen LogP contribution >= 0.6 is 0 Å². The fraction of sp³-hybridized carbons (Fsp3) is 0.556. The lowest BCUT2D eigenvalue weighted by Crippen LogP contribution is -2.36. The Bertz CT molecular complexity index is 436. The van der Waals surface area contributed by atoms with Crippen molar-refractivity contribution < 1.29 is 29.6 Å². The number of hydrogen-bond donors (Lipinski definition) is 5. The van der Waals surface area contributed by atoms with Crippen LogP contribution < -0.4 is 10.5 Å². The van der Waals surface area contributed by atoms with Crippen molar-refractivity contribution in [3.8, 4) is 5.88 Å². The number of aliphatic hydroxyl groups is 3. The molecule has 1 aliphatic rings. The van der Waals surface area contributed by atoms with Crippen LogP contribution in [0.5, 0.6) is 5.88 Å². The SMILES string of the molecule is NC(=O)c1[nH]cnc1O[C@H]1O[C@H](CO)[C@@H](O)[C@@H]1O. The summed E-state index contributed by atoms with van der Waals surface area (Å²) >= 11 is 0. The van der Waals surface area contributed by atoms with Crippen molar-refractivity contribution in [2.45, 2.75) is 24.6 Å². The van der Waals surface area contributed by atoms with E-state index < -0.39 is 37.1 Å². The minimum absolute atomic E-state index is 0.0762. The monoisotopic (exact) mass is 259 g/mol. The van der Waals surface area contributed by atoms with E-state index in [1.54, 1.807) is 0 Å². The number of carbonyl (C=O) groups is 1. The largest absolute Gasteiger partial charge is 0.443 e. The molecule has 0 bridgehead atoms. The van der Waals surface area contributed by atoms with Crippen molar-refractivity contribution in [1.82, 2.24) is 9.97 Å². The molecule has 2 heterocycles. The summed E-state index contributed by atoms with van der Waals surface area (Å²) < 4.78 is 10.2. The van der Waals surface area contributed by atoms with Crippen LogP contribution in [0.25, 0.3) is 0 Å². The first kappa shape index (κ1) is 12.8. The number of aromatic nitrogens is 2. The Labute approximate surface area is 101 Å². The Hall–Kier alpha value is -1.68. The molecule has 1 aliphatic heterocycles. The van der Waals surface area contributed by atoms with E-state index in [0.29, 0.717) is 0 Å². The van der Waals surface area contributed by atoms with Gasteiger partial charge in [-0.05, 0) is 0 Å². The van der Waals surface area contributed by atoms with E-state index in [1.165, 1.54) is 6.33 Å². The number of carbonyl (C=O) groups excluding carboxylic acids is 1. The summed E-state index contributed by atoms with van der Waals surface area (Å²) in [7, 11) is 0. The molecule has 0 saturated carbocycles. The average Bonchev–Trinajstić information content (AvgIpc) is 2.89. The molecule has 9 heteroatoms. The Morgan fingerprint density at radius 2 is 2.28 bits per heavy atom. The average molecular weight is 259 g/mol. The van der Waals surface area contributed by atoms with Gasteiger partial charge in [-0.3, -0.25) is 4.79 Å². The number of hydrogen-bond acceptors (Lipinski definition) is 7. The maximum Gasteiger partial charge on any atom is 0.270 e. The number of aromatic amines is 1. The first-order valence-electron chi connectivity index (χ1n) is 5.17. The van der Waals surface area contributed by atoms with E-state index in [4.69, 9.17) is 20.3 Å². The fourth-order valence-corrected chi connectivity index (χ4v) is 1.62. The number of H-pyrrole nitrogens is 1. The zero-order chi connectivity index (χ0) is 13.3. The molecule has 1 fully saturated rings. The lowest BCUT2D eigenvalue weighted by molar-refractivity contribution is -0.118. The van der Waals surface area contributed by atoms with Gasteiger partial charge in [0.1, 0.15) is 18.3 Å². The third-order valence-corrected chi connectivity index (χ3v) is 2.58. The van der Waals surface area contributed by atoms with Crippen LogP contribution in [0, 0.1) is 0 Å². The van der Waals surface area contributed by atoms with Gasteiger partial charge in [-0.2, -0.15) is 0 Å². The molecule has 6 N–H and O–H groups in total. The molecule has 4 atom stereocenters. The van der Waals surface area contributed by atoms with Gasteiger partial charge in [0, 0.05) is 0 Å². The lowest BCUT2D eigenvalue weighted by Gasteiger charge is -2.15. The van der Waals surface area contributed by atoms with Crippen molar-refractivity contribution >= 4 is 5.91 Å². The number of primary amides is 1. The first-order valence-corrected chi connectivity index (χ1v) is 5.17. The van der Waals surface area contributed by atoms with Gasteiger partial charge in [0.05, 0.1) is 12.9 Å². The van der Waals surface area contributed by atoms with E-state index in [2.05, 4.69) is 9.97 Å². The van der Waals surface area contributed by atoms with Gasteiger partial charge in [0.2, 0.25) is 12.2 Å². The lowest BCUT2D eigenvalue weighted by atomic mass is 10.1. The Morgan fingerprint density at radius 1 is 1.56 bits per heavy atom. The molecule has 1 aromatic rings. The molecule has 0 unspecified atom stereocenters. The van der Waals surface area contributed by atoms with Crippen molar-refractivity contribution in [3.05, 3.63) is 12.0 Å². The van der Waals surface area contributed by atoms with Gasteiger partial charge in [0.15, 0.2) is 5.69 Å². The maximum atomic E-state index is 11.0. The predicted molar refractivity (Wildman–Crippen MR) is 55.5 cm³/mol. The molecule has 100 valence electrons. The van der Waals surface area contributed by atoms with Gasteiger partial charge in [-0.15, -0.1) is 0 Å². The summed E-state index contributed by atoms with van der Waals surface area (Å²) in [4.78, 5) is 17.2. The van der Waals surface area contributed by atoms with Crippen molar-refractivity contribution in [2.75, 3.05) is 6.61 Å². The topological polar surface area (TPSA) is 151 Å². The minimum atomic E-state index is -1.36. The van der Waals surface area contributed by atoms with Crippen LogP contribution in [-0.4, -0.2) is 62.4 Å². The van der Waals surface area contributed by atoms with E-state index in [0.717, 1.165) is 0 Å². The number of nitrogens with two attached hydrogens (primary N) is 1. The van der Waals surface area contributed by atoms with Crippen molar-refractivity contribution in [3.63, 3.8) is 0 Å². The molecule has 0 radical (unpaired) electrons. The third-order valence-electron chi connectivity index (χ3n) is 2.58. The van der Waals surface area contributed by atoms with Gasteiger partial charge < -0.3 is 35.5 Å². The molecule has 0 aliphatic carbocycles. The number of amides is 1. The Morgan fingerprint density at radius 3 is 2.83 bits per heavy atom. The van der Waals surface area contributed by atoms with Gasteiger partial charge in [-0.1, -0.05) is 0 Å². The van der Waals surface area contributed by atoms with E-state index in [-0.39, 0.29) is 11.6 Å². The quantitative estimate of drug-likeness (QED) is 0.395. The standard InChI is InChI=1S/C9H13N3O6/c10-7(16)4-8(12-2-11-4)18-9-6(15)5(14)3(1-13)17-9/h2-3,5-6,9,13-15H,1H2,(H2,10,16)(H,11,12)/t3-,5-,6+,9-/m1/s1. The Kier molecular flexibility index (Phi) is 3.48. The van der Waals surface area contributed by atoms with Crippen LogP contribution in [0.2, 0.25) is 0 Å². The van der Waals surface area contributed by atoms with E-state index >= 15 is 0 Å². The van der Waals surface area contributed by atoms with Gasteiger partial charge in [0.25, 0.3) is 5.91 Å². The Balaban J connectivity index is 2.10. The van der Waals surface area contributed by atoms with Gasteiger partial charge in [-0.25, -0.2) is 4.98 Å². The van der Waals surface area contributed by atoms with Crippen LogP contribution in [0.4, 0.5) is 0 Å². The number of nitrogens with zero attached hydrogens (tertiary/aromatic N) is 1. The number of aliphatic hydroxyl groups excluding tert-OH is 3. The zero-order valence-corrected chi connectivity index (χ0v) is 9.18. The number of rotatable bonds is 4. The highest BCUT2D eigenvalue weighted by molar-refractivity contribution is 5.93. The molecular formula is C9H13N3O6. The molecule has 1 aromatic heterocycles. The normalized spacial score (nSPS) is 31.5. The van der Waals surface area contributed by atoms with Crippen molar-refractivity contribution in [2.24, 2.45) is 5.73 Å².